The molecule has 6 heteroatoms. The molecule has 4 rings (SSSR count). The highest BCUT2D eigenvalue weighted by molar-refractivity contribution is 5.86. The Morgan fingerprint density at radius 2 is 1.96 bits per heavy atom. The molecule has 0 aliphatic rings. The number of aromatic nitrogens is 4. The number of hydrogen-bond acceptors (Lipinski definition) is 5. The predicted molar refractivity (Wildman–Crippen MR) is 98.6 cm³/mol. The van der Waals surface area contributed by atoms with Crippen LogP contribution in [0.4, 0.5) is 5.82 Å². The largest absolute Gasteiger partial charge is 0.459 e. The lowest BCUT2D eigenvalue weighted by atomic mass is 10.1. The monoisotopic (exact) mass is 335 g/mol. The van der Waals surface area contributed by atoms with Crippen LogP contribution < -0.4 is 5.32 Å². The number of hydrogen-bond donors (Lipinski definition) is 1. The normalized spacial score (nSPS) is 13.4. The van der Waals surface area contributed by atoms with Crippen molar-refractivity contribution in [3.63, 3.8) is 0 Å². The Labute approximate surface area is 145 Å². The number of nitrogens with zero attached hydrogens (tertiary/aromatic N) is 4. The number of fused-ring (bicyclic) bond motifs is 2. The van der Waals surface area contributed by atoms with Crippen molar-refractivity contribution in [3.8, 4) is 0 Å². The zero-order valence-corrected chi connectivity index (χ0v) is 14.8. The van der Waals surface area contributed by atoms with Gasteiger partial charge in [0.05, 0.1) is 23.2 Å². The quantitative estimate of drug-likeness (QED) is 0.597. The van der Waals surface area contributed by atoms with Gasteiger partial charge >= 0.3 is 0 Å². The van der Waals surface area contributed by atoms with Crippen molar-refractivity contribution in [1.82, 2.24) is 19.7 Å². The Bertz CT molecular complexity index is 1010. The van der Waals surface area contributed by atoms with E-state index >= 15 is 0 Å². The summed E-state index contributed by atoms with van der Waals surface area (Å²) in [5, 5.41) is 9.92. The molecule has 3 heterocycles. The Hall–Kier alpha value is -2.89. The van der Waals surface area contributed by atoms with Crippen LogP contribution in [0.1, 0.15) is 39.5 Å². The van der Waals surface area contributed by atoms with Crippen molar-refractivity contribution in [1.29, 1.82) is 0 Å². The van der Waals surface area contributed by atoms with Gasteiger partial charge in [-0.05, 0) is 39.8 Å². The van der Waals surface area contributed by atoms with Crippen LogP contribution >= 0.6 is 0 Å². The summed E-state index contributed by atoms with van der Waals surface area (Å²) in [4.78, 5) is 8.81. The van der Waals surface area contributed by atoms with E-state index in [1.807, 2.05) is 35.1 Å². The third kappa shape index (κ3) is 2.73. The first-order chi connectivity index (χ1) is 11.9. The van der Waals surface area contributed by atoms with Crippen LogP contribution in [0, 0.1) is 0 Å². The van der Waals surface area contributed by atoms with Gasteiger partial charge in [0.25, 0.3) is 0 Å². The Kier molecular flexibility index (Phi) is 3.49. The molecule has 0 aliphatic heterocycles. The van der Waals surface area contributed by atoms with Crippen LogP contribution in [-0.4, -0.2) is 19.7 Å². The van der Waals surface area contributed by atoms with E-state index in [1.165, 1.54) is 0 Å². The molecule has 4 aromatic rings. The minimum Gasteiger partial charge on any atom is -0.459 e. The summed E-state index contributed by atoms with van der Waals surface area (Å²) in [6.07, 6.45) is 3.38. The molecule has 3 aromatic heterocycles. The second-order valence-corrected chi connectivity index (χ2v) is 7.24. The highest BCUT2D eigenvalue weighted by Crippen LogP contribution is 2.29. The average molecular weight is 335 g/mol. The maximum absolute atomic E-state index is 5.95. The third-order valence-electron chi connectivity index (χ3n) is 4.23. The van der Waals surface area contributed by atoms with Gasteiger partial charge in [-0.25, -0.2) is 14.6 Å². The minimum atomic E-state index is -0.141. The smallest absolute Gasteiger partial charge is 0.163 e. The highest BCUT2D eigenvalue weighted by Gasteiger charge is 2.20. The summed E-state index contributed by atoms with van der Waals surface area (Å²) in [5.74, 6) is 1.63. The molecule has 128 valence electrons. The highest BCUT2D eigenvalue weighted by atomic mass is 16.3. The fourth-order valence-electron chi connectivity index (χ4n) is 2.94. The van der Waals surface area contributed by atoms with E-state index in [9.17, 15) is 0 Å². The number of furan rings is 1. The zero-order valence-electron chi connectivity index (χ0n) is 14.8. The summed E-state index contributed by atoms with van der Waals surface area (Å²) in [5.41, 5.74) is 1.57. The van der Waals surface area contributed by atoms with Gasteiger partial charge < -0.3 is 9.73 Å². The van der Waals surface area contributed by atoms with Crippen molar-refractivity contribution in [2.24, 2.45) is 0 Å². The maximum atomic E-state index is 5.95. The van der Waals surface area contributed by atoms with Crippen LogP contribution in [0.15, 0.2) is 47.3 Å². The molecule has 0 unspecified atom stereocenters. The fourth-order valence-corrected chi connectivity index (χ4v) is 2.94. The van der Waals surface area contributed by atoms with Crippen molar-refractivity contribution < 1.29 is 4.42 Å². The molecular formula is C19H21N5O. The van der Waals surface area contributed by atoms with E-state index in [0.717, 1.165) is 33.6 Å². The van der Waals surface area contributed by atoms with E-state index in [2.05, 4.69) is 54.1 Å². The average Bonchev–Trinajstić information content (AvgIpc) is 3.19. The molecule has 0 spiro atoms. The van der Waals surface area contributed by atoms with Gasteiger partial charge in [-0.1, -0.05) is 18.2 Å². The molecule has 25 heavy (non-hydrogen) atoms. The van der Waals surface area contributed by atoms with Crippen LogP contribution in [0.25, 0.3) is 22.0 Å². The number of nitrogens with one attached hydrogen (secondary N) is 1. The molecule has 0 saturated heterocycles. The number of anilines is 1. The van der Waals surface area contributed by atoms with Crippen molar-refractivity contribution in [3.05, 3.63) is 48.6 Å². The van der Waals surface area contributed by atoms with Gasteiger partial charge in [0.2, 0.25) is 0 Å². The molecule has 1 atom stereocenters. The van der Waals surface area contributed by atoms with Crippen LogP contribution in [0.3, 0.4) is 0 Å². The van der Waals surface area contributed by atoms with Gasteiger partial charge in [0, 0.05) is 5.39 Å². The van der Waals surface area contributed by atoms with E-state index in [-0.39, 0.29) is 11.6 Å². The van der Waals surface area contributed by atoms with E-state index < -0.39 is 0 Å². The topological polar surface area (TPSA) is 68.8 Å². The lowest BCUT2D eigenvalue weighted by molar-refractivity contribution is 0.366. The number of rotatable bonds is 3. The first kappa shape index (κ1) is 15.6. The van der Waals surface area contributed by atoms with E-state index in [1.54, 1.807) is 6.33 Å². The molecule has 0 radical (unpaired) electrons. The fraction of sp³-hybridized carbons (Fsp3) is 0.316. The molecule has 6 nitrogen and oxygen atoms in total. The molecular weight excluding hydrogens is 314 g/mol. The van der Waals surface area contributed by atoms with Crippen molar-refractivity contribution in [2.75, 3.05) is 5.32 Å². The maximum Gasteiger partial charge on any atom is 0.163 e. The Morgan fingerprint density at radius 1 is 1.16 bits per heavy atom. The summed E-state index contributed by atoms with van der Waals surface area (Å²) in [7, 11) is 0. The van der Waals surface area contributed by atoms with Crippen molar-refractivity contribution in [2.45, 2.75) is 39.3 Å². The van der Waals surface area contributed by atoms with E-state index in [4.69, 9.17) is 4.42 Å². The molecule has 0 fully saturated rings. The van der Waals surface area contributed by atoms with E-state index in [0.29, 0.717) is 0 Å². The summed E-state index contributed by atoms with van der Waals surface area (Å²) >= 11 is 0. The van der Waals surface area contributed by atoms with Gasteiger partial charge in [0.15, 0.2) is 5.65 Å². The SMILES string of the molecule is C[C@@H](Nc1ncnc2c1cnn2C(C)(C)C)c1cc2ccccc2o1. The standard InChI is InChI=1S/C19H21N5O/c1-12(16-9-13-7-5-6-8-15(13)25-16)23-17-14-10-22-24(19(2,3)4)18(14)21-11-20-17/h5-12H,1-4H3,(H,20,21,23)/t12-/m1/s1. The van der Waals surface area contributed by atoms with Gasteiger partial charge in [-0.2, -0.15) is 5.10 Å². The van der Waals surface area contributed by atoms with Crippen molar-refractivity contribution >= 4 is 27.8 Å². The molecule has 0 bridgehead atoms. The van der Waals surface area contributed by atoms with Gasteiger partial charge in [-0.15, -0.1) is 0 Å². The molecule has 0 amide bonds. The second-order valence-electron chi connectivity index (χ2n) is 7.24. The van der Waals surface area contributed by atoms with Gasteiger partial charge in [0.1, 0.15) is 23.5 Å². The second kappa shape index (κ2) is 5.58. The first-order valence-corrected chi connectivity index (χ1v) is 8.38. The van der Waals surface area contributed by atoms with Gasteiger partial charge in [-0.3, -0.25) is 0 Å². The predicted octanol–water partition coefficient (Wildman–Crippen LogP) is 4.50. The summed E-state index contributed by atoms with van der Waals surface area (Å²) < 4.78 is 7.86. The molecule has 0 saturated carbocycles. The lowest BCUT2D eigenvalue weighted by Crippen LogP contribution is -2.23. The van der Waals surface area contributed by atoms with Crippen LogP contribution in [0.2, 0.25) is 0 Å². The number of benzene rings is 1. The van der Waals surface area contributed by atoms with Crippen LogP contribution in [0.5, 0.6) is 0 Å². The number of para-hydroxylation sites is 1. The Morgan fingerprint density at radius 3 is 2.72 bits per heavy atom. The third-order valence-corrected chi connectivity index (χ3v) is 4.23. The zero-order chi connectivity index (χ0) is 17.6. The molecule has 0 aliphatic carbocycles. The first-order valence-electron chi connectivity index (χ1n) is 8.38. The summed E-state index contributed by atoms with van der Waals surface area (Å²) in [6, 6.07) is 10.0. The molecule has 1 aromatic carbocycles. The lowest BCUT2D eigenvalue weighted by Gasteiger charge is -2.19. The summed E-state index contributed by atoms with van der Waals surface area (Å²) in [6.45, 7) is 8.36. The molecule has 1 N–H and O–H groups in total. The van der Waals surface area contributed by atoms with Crippen LogP contribution in [-0.2, 0) is 5.54 Å². The minimum absolute atomic E-state index is 0.0245. The Balaban J connectivity index is 1.69.